The van der Waals surface area contributed by atoms with Gasteiger partial charge < -0.3 is 9.15 Å². The van der Waals surface area contributed by atoms with Crippen LogP contribution in [-0.2, 0) is 4.74 Å². The molecule has 0 aromatic carbocycles. The molecular weight excluding hydrogens is 168 g/mol. The maximum atomic E-state index is 11.8. The third-order valence-corrected chi connectivity index (χ3v) is 2.44. The molecule has 0 spiro atoms. The van der Waals surface area contributed by atoms with Gasteiger partial charge in [-0.2, -0.15) is 0 Å². The van der Waals surface area contributed by atoms with Crippen molar-refractivity contribution in [2.24, 2.45) is 0 Å². The summed E-state index contributed by atoms with van der Waals surface area (Å²) in [7, 11) is 0. The molecule has 1 atom stereocenters. The van der Waals surface area contributed by atoms with Gasteiger partial charge in [0.1, 0.15) is 5.60 Å². The molecule has 1 aromatic heterocycles. The van der Waals surface area contributed by atoms with Gasteiger partial charge in [-0.3, -0.25) is 4.79 Å². The van der Waals surface area contributed by atoms with Gasteiger partial charge in [0.05, 0.1) is 6.26 Å². The van der Waals surface area contributed by atoms with Crippen molar-refractivity contribution < 1.29 is 13.9 Å². The predicted molar refractivity (Wildman–Crippen MR) is 46.6 cm³/mol. The molecule has 2 heterocycles. The van der Waals surface area contributed by atoms with Crippen LogP contribution in [0.3, 0.4) is 0 Å². The monoisotopic (exact) mass is 180 g/mol. The lowest BCUT2D eigenvalue weighted by molar-refractivity contribution is 0.0190. The van der Waals surface area contributed by atoms with Crippen molar-refractivity contribution in [3.8, 4) is 0 Å². The van der Waals surface area contributed by atoms with Crippen LogP contribution < -0.4 is 0 Å². The highest BCUT2D eigenvalue weighted by atomic mass is 16.5. The quantitative estimate of drug-likeness (QED) is 0.654. The summed E-state index contributed by atoms with van der Waals surface area (Å²) < 4.78 is 10.5. The smallest absolute Gasteiger partial charge is 0.229 e. The topological polar surface area (TPSA) is 39.4 Å². The van der Waals surface area contributed by atoms with Crippen molar-refractivity contribution in [1.29, 1.82) is 0 Å². The zero-order valence-corrected chi connectivity index (χ0v) is 7.58. The van der Waals surface area contributed by atoms with E-state index in [9.17, 15) is 4.79 Å². The van der Waals surface area contributed by atoms with Gasteiger partial charge >= 0.3 is 0 Å². The predicted octanol–water partition coefficient (Wildman–Crippen LogP) is 2.03. The van der Waals surface area contributed by atoms with Gasteiger partial charge in [-0.25, -0.2) is 0 Å². The van der Waals surface area contributed by atoms with Crippen LogP contribution in [0.15, 0.2) is 22.8 Å². The van der Waals surface area contributed by atoms with Gasteiger partial charge in [0, 0.05) is 6.61 Å². The summed E-state index contributed by atoms with van der Waals surface area (Å²) in [4.78, 5) is 11.8. The first-order valence-corrected chi connectivity index (χ1v) is 4.45. The van der Waals surface area contributed by atoms with Crippen molar-refractivity contribution >= 4 is 5.78 Å². The molecule has 1 aliphatic rings. The standard InChI is InChI=1S/C10H12O3/c1-10(5-3-7-13-10)9(11)8-4-2-6-12-8/h2,4,6H,3,5,7H2,1H3. The Morgan fingerprint density at radius 3 is 3.00 bits per heavy atom. The fourth-order valence-electron chi connectivity index (χ4n) is 1.63. The largest absolute Gasteiger partial charge is 0.461 e. The van der Waals surface area contributed by atoms with Crippen LogP contribution in [0.5, 0.6) is 0 Å². The lowest BCUT2D eigenvalue weighted by atomic mass is 9.96. The van der Waals surface area contributed by atoms with E-state index in [-0.39, 0.29) is 5.78 Å². The molecule has 2 rings (SSSR count). The van der Waals surface area contributed by atoms with E-state index in [0.717, 1.165) is 12.8 Å². The van der Waals surface area contributed by atoms with E-state index in [4.69, 9.17) is 9.15 Å². The van der Waals surface area contributed by atoms with Crippen molar-refractivity contribution in [3.63, 3.8) is 0 Å². The molecule has 3 heteroatoms. The lowest BCUT2D eigenvalue weighted by Gasteiger charge is -2.19. The van der Waals surface area contributed by atoms with E-state index >= 15 is 0 Å². The zero-order valence-electron chi connectivity index (χ0n) is 7.58. The summed E-state index contributed by atoms with van der Waals surface area (Å²) in [6.07, 6.45) is 3.24. The van der Waals surface area contributed by atoms with Crippen LogP contribution in [0, 0.1) is 0 Å². The number of hydrogen-bond donors (Lipinski definition) is 0. The maximum absolute atomic E-state index is 11.8. The number of furan rings is 1. The fraction of sp³-hybridized carbons (Fsp3) is 0.500. The van der Waals surface area contributed by atoms with Crippen LogP contribution in [-0.4, -0.2) is 18.0 Å². The second-order valence-corrected chi connectivity index (χ2v) is 3.49. The number of Topliss-reactive ketones (excluding diaryl/α,β-unsaturated/α-hetero) is 1. The number of rotatable bonds is 2. The van der Waals surface area contributed by atoms with E-state index in [2.05, 4.69) is 0 Å². The number of carbonyl (C=O) groups excluding carboxylic acids is 1. The van der Waals surface area contributed by atoms with Crippen molar-refractivity contribution in [3.05, 3.63) is 24.2 Å². The van der Waals surface area contributed by atoms with E-state index in [1.807, 2.05) is 6.92 Å². The Morgan fingerprint density at radius 1 is 1.62 bits per heavy atom. The number of carbonyl (C=O) groups is 1. The molecule has 13 heavy (non-hydrogen) atoms. The number of ketones is 1. The first kappa shape index (κ1) is 8.51. The summed E-state index contributed by atoms with van der Waals surface area (Å²) in [5.74, 6) is 0.347. The molecule has 1 saturated heterocycles. The molecule has 1 unspecified atom stereocenters. The highest BCUT2D eigenvalue weighted by Crippen LogP contribution is 2.28. The highest BCUT2D eigenvalue weighted by molar-refractivity contribution is 6.00. The summed E-state index contributed by atoms with van der Waals surface area (Å²) in [6, 6.07) is 3.39. The normalized spacial score (nSPS) is 27.8. The second kappa shape index (κ2) is 3.00. The van der Waals surface area contributed by atoms with Gasteiger partial charge in [0.25, 0.3) is 0 Å². The maximum Gasteiger partial charge on any atom is 0.229 e. The average molecular weight is 180 g/mol. The van der Waals surface area contributed by atoms with Crippen LogP contribution in [0.25, 0.3) is 0 Å². The SMILES string of the molecule is CC1(C(=O)c2ccco2)CCCO1. The molecule has 0 saturated carbocycles. The van der Waals surface area contributed by atoms with E-state index in [0.29, 0.717) is 12.4 Å². The molecule has 0 aliphatic carbocycles. The minimum Gasteiger partial charge on any atom is -0.461 e. The van der Waals surface area contributed by atoms with Gasteiger partial charge in [-0.05, 0) is 31.9 Å². The summed E-state index contributed by atoms with van der Waals surface area (Å²) in [5.41, 5.74) is -0.655. The van der Waals surface area contributed by atoms with E-state index in [1.165, 1.54) is 6.26 Å². The molecule has 0 radical (unpaired) electrons. The summed E-state index contributed by atoms with van der Waals surface area (Å²) in [6.45, 7) is 2.49. The van der Waals surface area contributed by atoms with Crippen LogP contribution >= 0.6 is 0 Å². The Balaban J connectivity index is 2.21. The molecule has 70 valence electrons. The minimum atomic E-state index is -0.655. The van der Waals surface area contributed by atoms with E-state index in [1.54, 1.807) is 12.1 Å². The number of ether oxygens (including phenoxy) is 1. The summed E-state index contributed by atoms with van der Waals surface area (Å²) >= 11 is 0. The Hall–Kier alpha value is -1.09. The Bertz CT molecular complexity index is 294. The molecule has 1 fully saturated rings. The first-order chi connectivity index (χ1) is 6.22. The Kier molecular flexibility index (Phi) is 1.96. The Morgan fingerprint density at radius 2 is 2.46 bits per heavy atom. The molecule has 1 aliphatic heterocycles. The lowest BCUT2D eigenvalue weighted by Crippen LogP contribution is -2.33. The molecular formula is C10H12O3. The average Bonchev–Trinajstić information content (AvgIpc) is 2.73. The Labute approximate surface area is 76.7 Å². The van der Waals surface area contributed by atoms with Crippen LogP contribution in [0.2, 0.25) is 0 Å². The van der Waals surface area contributed by atoms with Crippen molar-refractivity contribution in [1.82, 2.24) is 0 Å². The molecule has 0 bridgehead atoms. The highest BCUT2D eigenvalue weighted by Gasteiger charge is 2.39. The van der Waals surface area contributed by atoms with Crippen LogP contribution in [0.1, 0.15) is 30.3 Å². The molecule has 0 N–H and O–H groups in total. The second-order valence-electron chi connectivity index (χ2n) is 3.49. The third kappa shape index (κ3) is 1.40. The zero-order chi connectivity index (χ0) is 9.31. The minimum absolute atomic E-state index is 0.0463. The molecule has 0 amide bonds. The van der Waals surface area contributed by atoms with Crippen molar-refractivity contribution in [2.45, 2.75) is 25.4 Å². The van der Waals surface area contributed by atoms with Gasteiger partial charge in [0.15, 0.2) is 5.76 Å². The summed E-state index contributed by atoms with van der Waals surface area (Å²) in [5, 5.41) is 0. The fourth-order valence-corrected chi connectivity index (χ4v) is 1.63. The van der Waals surface area contributed by atoms with Crippen molar-refractivity contribution in [2.75, 3.05) is 6.61 Å². The van der Waals surface area contributed by atoms with Crippen LogP contribution in [0.4, 0.5) is 0 Å². The number of hydrogen-bond acceptors (Lipinski definition) is 3. The van der Waals surface area contributed by atoms with Gasteiger partial charge in [-0.1, -0.05) is 0 Å². The molecule has 1 aromatic rings. The van der Waals surface area contributed by atoms with Gasteiger partial charge in [0.2, 0.25) is 5.78 Å². The van der Waals surface area contributed by atoms with Gasteiger partial charge in [-0.15, -0.1) is 0 Å². The molecule has 3 nitrogen and oxygen atoms in total. The first-order valence-electron chi connectivity index (χ1n) is 4.45. The third-order valence-electron chi connectivity index (χ3n) is 2.44. The van der Waals surface area contributed by atoms with E-state index < -0.39 is 5.60 Å².